The average Bonchev–Trinajstić information content (AvgIpc) is 2.88. The number of aromatic nitrogens is 1. The van der Waals surface area contributed by atoms with Crippen molar-refractivity contribution < 1.29 is 13.9 Å². The zero-order valence-corrected chi connectivity index (χ0v) is 12.6. The molecule has 3 aromatic rings. The number of pyridine rings is 1. The van der Waals surface area contributed by atoms with Gasteiger partial charge in [-0.15, -0.1) is 0 Å². The van der Waals surface area contributed by atoms with Crippen LogP contribution in [0, 0.1) is 12.1 Å². The molecular weight excluding hydrogens is 301 g/mol. The lowest BCUT2D eigenvalue weighted by Crippen LogP contribution is -2.07. The predicted molar refractivity (Wildman–Crippen MR) is 83.6 cm³/mol. The van der Waals surface area contributed by atoms with Crippen LogP contribution in [0.2, 0.25) is 0 Å². The zero-order chi connectivity index (χ0) is 15.5. The van der Waals surface area contributed by atoms with Crippen molar-refractivity contribution >= 4 is 17.3 Å². The summed E-state index contributed by atoms with van der Waals surface area (Å²) in [5.41, 5.74) is 2.62. The van der Waals surface area contributed by atoms with E-state index in [0.717, 1.165) is 22.5 Å². The Morgan fingerprint density at radius 3 is 2.32 bits per heavy atom. The van der Waals surface area contributed by atoms with Crippen molar-refractivity contribution in [3.05, 3.63) is 70.4 Å². The van der Waals surface area contributed by atoms with Crippen molar-refractivity contribution in [1.29, 1.82) is 0 Å². The van der Waals surface area contributed by atoms with E-state index in [2.05, 4.69) is 4.98 Å². The van der Waals surface area contributed by atoms with Gasteiger partial charge in [0.05, 0.1) is 0 Å². The fraction of sp³-hybridized carbons (Fsp3) is 0.0588. The van der Waals surface area contributed by atoms with Gasteiger partial charge in [-0.1, -0.05) is 23.5 Å². The summed E-state index contributed by atoms with van der Waals surface area (Å²) in [7, 11) is 0. The first-order valence-electron chi connectivity index (χ1n) is 6.62. The molecule has 0 fully saturated rings. The van der Waals surface area contributed by atoms with Crippen LogP contribution >= 0.6 is 11.3 Å². The maximum Gasteiger partial charge on any atom is 0.354 e. The van der Waals surface area contributed by atoms with Crippen LogP contribution in [-0.2, 0) is 0 Å². The van der Waals surface area contributed by atoms with Crippen molar-refractivity contribution in [2.45, 2.75) is 6.92 Å². The average molecular weight is 313 g/mol. The molecule has 0 atom stereocenters. The molecule has 0 aliphatic carbocycles. The fourth-order valence-corrected chi connectivity index (χ4v) is 2.83. The molecule has 2 heterocycles. The molecule has 0 radical (unpaired) electrons. The Morgan fingerprint density at radius 1 is 1.09 bits per heavy atom. The number of esters is 1. The monoisotopic (exact) mass is 313 g/mol. The molecule has 0 saturated carbocycles. The lowest BCUT2D eigenvalue weighted by atomic mass is 10.1. The highest BCUT2D eigenvalue weighted by Gasteiger charge is 2.16. The molecular formula is C17H12FNO2S. The first-order chi connectivity index (χ1) is 10.6. The third-order valence-corrected chi connectivity index (χ3v) is 4.16. The third-order valence-electron chi connectivity index (χ3n) is 3.15. The van der Waals surface area contributed by atoms with Crippen LogP contribution in [0.15, 0.2) is 54.9 Å². The summed E-state index contributed by atoms with van der Waals surface area (Å²) in [5, 5.41) is -0.391. The van der Waals surface area contributed by atoms with Crippen molar-refractivity contribution in [2.24, 2.45) is 0 Å². The standard InChI is InChI=1S/C17H12FNO2S/c1-11-10-15(18)22-16(11)17(20)21-14-4-2-12(3-5-14)13-6-8-19-9-7-13/h2-10H,1H3. The lowest BCUT2D eigenvalue weighted by molar-refractivity contribution is 0.0739. The number of ether oxygens (including phenoxy) is 1. The zero-order valence-electron chi connectivity index (χ0n) is 11.7. The molecule has 1 aromatic carbocycles. The number of hydrogen-bond donors (Lipinski definition) is 0. The fourth-order valence-electron chi connectivity index (χ4n) is 2.06. The van der Waals surface area contributed by atoms with E-state index in [4.69, 9.17) is 4.74 Å². The van der Waals surface area contributed by atoms with Gasteiger partial charge in [-0.25, -0.2) is 4.79 Å². The van der Waals surface area contributed by atoms with Crippen molar-refractivity contribution in [3.8, 4) is 16.9 Å². The quantitative estimate of drug-likeness (QED) is 0.529. The molecule has 0 saturated heterocycles. The normalized spacial score (nSPS) is 10.5. The van der Waals surface area contributed by atoms with Gasteiger partial charge in [-0.05, 0) is 53.9 Å². The van der Waals surface area contributed by atoms with Crippen LogP contribution in [0.1, 0.15) is 15.2 Å². The Morgan fingerprint density at radius 2 is 1.73 bits per heavy atom. The highest BCUT2D eigenvalue weighted by atomic mass is 32.1. The summed E-state index contributed by atoms with van der Waals surface area (Å²) in [4.78, 5) is 16.3. The summed E-state index contributed by atoms with van der Waals surface area (Å²) < 4.78 is 18.4. The summed E-state index contributed by atoms with van der Waals surface area (Å²) in [6, 6.07) is 12.3. The Bertz CT molecular complexity index is 797. The number of halogens is 1. The first-order valence-corrected chi connectivity index (χ1v) is 7.44. The van der Waals surface area contributed by atoms with Gasteiger partial charge >= 0.3 is 5.97 Å². The second kappa shape index (κ2) is 6.07. The van der Waals surface area contributed by atoms with Crippen LogP contribution in [-0.4, -0.2) is 11.0 Å². The van der Waals surface area contributed by atoms with E-state index in [9.17, 15) is 9.18 Å². The molecule has 0 aliphatic rings. The van der Waals surface area contributed by atoms with Crippen LogP contribution in [0.4, 0.5) is 4.39 Å². The van der Waals surface area contributed by atoms with Crippen molar-refractivity contribution in [1.82, 2.24) is 4.98 Å². The van der Waals surface area contributed by atoms with Gasteiger partial charge in [0, 0.05) is 12.4 Å². The molecule has 3 nitrogen and oxygen atoms in total. The Hall–Kier alpha value is -2.53. The van der Waals surface area contributed by atoms with Crippen LogP contribution in [0.3, 0.4) is 0 Å². The molecule has 110 valence electrons. The Labute approximate surface area is 131 Å². The van der Waals surface area contributed by atoms with E-state index in [-0.39, 0.29) is 4.88 Å². The second-order valence-corrected chi connectivity index (χ2v) is 5.71. The van der Waals surface area contributed by atoms with E-state index in [1.807, 2.05) is 24.3 Å². The Kier molecular flexibility index (Phi) is 3.98. The van der Waals surface area contributed by atoms with Crippen molar-refractivity contribution in [3.63, 3.8) is 0 Å². The number of thiophene rings is 1. The number of aryl methyl sites for hydroxylation is 1. The molecule has 2 aromatic heterocycles. The van der Waals surface area contributed by atoms with Crippen LogP contribution < -0.4 is 4.74 Å². The molecule has 0 bridgehead atoms. The Balaban J connectivity index is 1.76. The number of nitrogens with zero attached hydrogens (tertiary/aromatic N) is 1. The van der Waals surface area contributed by atoms with Gasteiger partial charge in [0.2, 0.25) is 0 Å². The molecule has 0 N–H and O–H groups in total. The number of hydrogen-bond acceptors (Lipinski definition) is 4. The highest BCUT2D eigenvalue weighted by Crippen LogP contribution is 2.25. The minimum atomic E-state index is -0.539. The molecule has 22 heavy (non-hydrogen) atoms. The molecule has 3 rings (SSSR count). The first kappa shape index (κ1) is 14.4. The van der Waals surface area contributed by atoms with E-state index in [1.165, 1.54) is 6.07 Å². The topological polar surface area (TPSA) is 39.2 Å². The molecule has 0 aliphatic heterocycles. The van der Waals surface area contributed by atoms with Gasteiger partial charge in [0.15, 0.2) is 5.13 Å². The largest absolute Gasteiger partial charge is 0.422 e. The smallest absolute Gasteiger partial charge is 0.354 e. The number of rotatable bonds is 3. The molecule has 5 heteroatoms. The summed E-state index contributed by atoms with van der Waals surface area (Å²) in [6.45, 7) is 1.68. The molecule has 0 spiro atoms. The summed E-state index contributed by atoms with van der Waals surface area (Å²) in [6.07, 6.45) is 3.44. The number of carbonyl (C=O) groups excluding carboxylic acids is 1. The lowest BCUT2D eigenvalue weighted by Gasteiger charge is -2.05. The maximum absolute atomic E-state index is 13.1. The van der Waals surface area contributed by atoms with Gasteiger partial charge in [-0.3, -0.25) is 4.98 Å². The van der Waals surface area contributed by atoms with Gasteiger partial charge in [-0.2, -0.15) is 4.39 Å². The summed E-state index contributed by atoms with van der Waals surface area (Å²) >= 11 is 0.794. The summed E-state index contributed by atoms with van der Waals surface area (Å²) in [5.74, 6) is -0.112. The van der Waals surface area contributed by atoms with E-state index >= 15 is 0 Å². The van der Waals surface area contributed by atoms with Crippen LogP contribution in [0.25, 0.3) is 11.1 Å². The second-order valence-electron chi connectivity index (χ2n) is 4.71. The van der Waals surface area contributed by atoms with E-state index < -0.39 is 11.1 Å². The minimum Gasteiger partial charge on any atom is -0.422 e. The predicted octanol–water partition coefficient (Wildman–Crippen LogP) is 4.48. The third kappa shape index (κ3) is 3.04. The van der Waals surface area contributed by atoms with Crippen molar-refractivity contribution in [2.75, 3.05) is 0 Å². The van der Waals surface area contributed by atoms with Gasteiger partial charge in [0.1, 0.15) is 10.6 Å². The van der Waals surface area contributed by atoms with E-state index in [1.54, 1.807) is 31.5 Å². The number of benzene rings is 1. The highest BCUT2D eigenvalue weighted by molar-refractivity contribution is 7.12. The van der Waals surface area contributed by atoms with E-state index in [0.29, 0.717) is 11.3 Å². The minimum absolute atomic E-state index is 0.288. The van der Waals surface area contributed by atoms with Gasteiger partial charge < -0.3 is 4.74 Å². The van der Waals surface area contributed by atoms with Gasteiger partial charge in [0.25, 0.3) is 0 Å². The van der Waals surface area contributed by atoms with Crippen LogP contribution in [0.5, 0.6) is 5.75 Å². The SMILES string of the molecule is Cc1cc(F)sc1C(=O)Oc1ccc(-c2ccncc2)cc1. The number of carbonyl (C=O) groups is 1. The molecule has 0 amide bonds. The molecule has 0 unspecified atom stereocenters. The maximum atomic E-state index is 13.1.